The van der Waals surface area contributed by atoms with Gasteiger partial charge in [0.25, 0.3) is 0 Å². The van der Waals surface area contributed by atoms with Gasteiger partial charge in [-0.05, 0) is 23.5 Å². The molecule has 0 aromatic heterocycles. The van der Waals surface area contributed by atoms with Crippen molar-refractivity contribution in [2.24, 2.45) is 0 Å². The summed E-state index contributed by atoms with van der Waals surface area (Å²) in [5, 5.41) is 10.1. The number of hydrogen-bond donors (Lipinski definition) is 1. The first kappa shape index (κ1) is 10.6. The Morgan fingerprint density at radius 3 is 3.00 bits per heavy atom. The maximum absolute atomic E-state index is 10.1. The van der Waals surface area contributed by atoms with Crippen LogP contribution >= 0.6 is 15.9 Å². The molecule has 1 heterocycles. The number of fused-ring (bicyclic) bond motifs is 3. The van der Waals surface area contributed by atoms with Gasteiger partial charge in [0, 0.05) is 22.0 Å². The highest BCUT2D eigenvalue weighted by atomic mass is 79.9. The molecule has 1 atom stereocenters. The van der Waals surface area contributed by atoms with Crippen LogP contribution in [0.15, 0.2) is 10.5 Å². The Kier molecular flexibility index (Phi) is 2.14. The monoisotopic (exact) mass is 282 g/mol. The number of benzene rings is 1. The lowest BCUT2D eigenvalue weighted by atomic mass is 9.85. The summed E-state index contributed by atoms with van der Waals surface area (Å²) in [7, 11) is 0. The maximum Gasteiger partial charge on any atom is 0.126 e. The molecule has 16 heavy (non-hydrogen) atoms. The minimum absolute atomic E-state index is 0.00690. The standard InChI is InChI=1S/C13H15BrO2/c1-13(2)6-9(15)10-8(14)5-7-3-4-16-12(7)11(10)13/h5,9,15H,3-4,6H2,1-2H3. The lowest BCUT2D eigenvalue weighted by molar-refractivity contribution is 0.161. The van der Waals surface area contributed by atoms with Gasteiger partial charge in [-0.15, -0.1) is 0 Å². The van der Waals surface area contributed by atoms with E-state index < -0.39 is 0 Å². The number of halogens is 1. The molecule has 86 valence electrons. The first-order valence-electron chi connectivity index (χ1n) is 5.67. The fourth-order valence-corrected chi connectivity index (χ4v) is 3.74. The lowest BCUT2D eigenvalue weighted by Gasteiger charge is -2.21. The van der Waals surface area contributed by atoms with Gasteiger partial charge < -0.3 is 9.84 Å². The predicted octanol–water partition coefficient (Wildman–Crippen LogP) is 3.10. The van der Waals surface area contributed by atoms with E-state index >= 15 is 0 Å². The van der Waals surface area contributed by atoms with E-state index in [1.807, 2.05) is 0 Å². The van der Waals surface area contributed by atoms with Gasteiger partial charge in [0.05, 0.1) is 12.7 Å². The van der Waals surface area contributed by atoms with Gasteiger partial charge in [-0.2, -0.15) is 0 Å². The molecule has 3 heteroatoms. The van der Waals surface area contributed by atoms with Crippen LogP contribution in [0.25, 0.3) is 0 Å². The number of ether oxygens (including phenoxy) is 1. The van der Waals surface area contributed by atoms with Gasteiger partial charge in [0.15, 0.2) is 0 Å². The molecule has 3 rings (SSSR count). The van der Waals surface area contributed by atoms with Gasteiger partial charge in [-0.1, -0.05) is 29.8 Å². The van der Waals surface area contributed by atoms with Crippen LogP contribution in [0.4, 0.5) is 0 Å². The number of rotatable bonds is 0. The fraction of sp³-hybridized carbons (Fsp3) is 0.538. The molecule has 0 amide bonds. The molecule has 2 nitrogen and oxygen atoms in total. The number of hydrogen-bond acceptors (Lipinski definition) is 2. The first-order valence-corrected chi connectivity index (χ1v) is 6.46. The average Bonchev–Trinajstić information content (AvgIpc) is 2.68. The van der Waals surface area contributed by atoms with Crippen molar-refractivity contribution in [3.63, 3.8) is 0 Å². The molecule has 1 aromatic carbocycles. The van der Waals surface area contributed by atoms with Gasteiger partial charge >= 0.3 is 0 Å². The highest BCUT2D eigenvalue weighted by Gasteiger charge is 2.41. The van der Waals surface area contributed by atoms with Crippen molar-refractivity contribution in [2.75, 3.05) is 6.61 Å². The summed E-state index contributed by atoms with van der Waals surface area (Å²) in [5.41, 5.74) is 3.52. The topological polar surface area (TPSA) is 29.5 Å². The summed E-state index contributed by atoms with van der Waals surface area (Å²) in [6.45, 7) is 5.12. The molecule has 1 unspecified atom stereocenters. The Balaban J connectivity index is 2.33. The molecule has 0 saturated heterocycles. The molecule has 2 aliphatic rings. The third-order valence-corrected chi connectivity index (χ3v) is 4.33. The van der Waals surface area contributed by atoms with E-state index in [4.69, 9.17) is 4.74 Å². The van der Waals surface area contributed by atoms with Crippen LogP contribution in [-0.2, 0) is 11.8 Å². The van der Waals surface area contributed by atoms with Crippen molar-refractivity contribution in [3.05, 3.63) is 27.2 Å². The molecule has 0 fully saturated rings. The minimum Gasteiger partial charge on any atom is -0.493 e. The van der Waals surface area contributed by atoms with Crippen LogP contribution in [0, 0.1) is 0 Å². The summed E-state index contributed by atoms with van der Waals surface area (Å²) in [6.07, 6.45) is 1.39. The van der Waals surface area contributed by atoms with Crippen LogP contribution in [0.5, 0.6) is 5.75 Å². The molecule has 1 aliphatic heterocycles. The van der Waals surface area contributed by atoms with Crippen molar-refractivity contribution in [3.8, 4) is 5.75 Å². The lowest BCUT2D eigenvalue weighted by Crippen LogP contribution is -2.13. The molecular formula is C13H15BrO2. The molecule has 0 radical (unpaired) electrons. The maximum atomic E-state index is 10.1. The van der Waals surface area contributed by atoms with Crippen molar-refractivity contribution >= 4 is 15.9 Å². The van der Waals surface area contributed by atoms with E-state index in [2.05, 4.69) is 35.8 Å². The van der Waals surface area contributed by atoms with Gasteiger partial charge in [-0.25, -0.2) is 0 Å². The van der Waals surface area contributed by atoms with Crippen LogP contribution in [0.2, 0.25) is 0 Å². The molecule has 0 saturated carbocycles. The second-order valence-electron chi connectivity index (χ2n) is 5.34. The molecule has 1 N–H and O–H groups in total. The second-order valence-corrected chi connectivity index (χ2v) is 6.19. The predicted molar refractivity (Wildman–Crippen MR) is 65.9 cm³/mol. The van der Waals surface area contributed by atoms with Crippen molar-refractivity contribution in [1.82, 2.24) is 0 Å². The van der Waals surface area contributed by atoms with Gasteiger partial charge in [0.2, 0.25) is 0 Å². The zero-order valence-electron chi connectivity index (χ0n) is 9.51. The Hall–Kier alpha value is -0.540. The molecule has 1 aromatic rings. The Labute approximate surface area is 104 Å². The van der Waals surface area contributed by atoms with Crippen molar-refractivity contribution in [1.29, 1.82) is 0 Å². The van der Waals surface area contributed by atoms with Gasteiger partial charge in [-0.3, -0.25) is 0 Å². The van der Waals surface area contributed by atoms with E-state index in [1.165, 1.54) is 11.1 Å². The molecule has 0 spiro atoms. The highest BCUT2D eigenvalue weighted by Crippen LogP contribution is 2.53. The summed E-state index contributed by atoms with van der Waals surface area (Å²) in [6, 6.07) is 2.10. The molecule has 1 aliphatic carbocycles. The highest BCUT2D eigenvalue weighted by molar-refractivity contribution is 9.10. The van der Waals surface area contributed by atoms with Crippen LogP contribution in [-0.4, -0.2) is 11.7 Å². The third-order valence-electron chi connectivity index (χ3n) is 3.68. The van der Waals surface area contributed by atoms with Crippen LogP contribution < -0.4 is 4.74 Å². The smallest absolute Gasteiger partial charge is 0.126 e. The fourth-order valence-electron chi connectivity index (χ4n) is 3.00. The summed E-state index contributed by atoms with van der Waals surface area (Å²) in [4.78, 5) is 0. The summed E-state index contributed by atoms with van der Waals surface area (Å²) >= 11 is 3.58. The zero-order valence-corrected chi connectivity index (χ0v) is 11.1. The number of aliphatic hydroxyl groups is 1. The zero-order chi connectivity index (χ0) is 11.5. The van der Waals surface area contributed by atoms with E-state index in [0.29, 0.717) is 0 Å². The van der Waals surface area contributed by atoms with Crippen molar-refractivity contribution < 1.29 is 9.84 Å². The average molecular weight is 283 g/mol. The molecule has 0 bridgehead atoms. The van der Waals surface area contributed by atoms with E-state index in [9.17, 15) is 5.11 Å². The Bertz CT molecular complexity index is 465. The summed E-state index contributed by atoms with van der Waals surface area (Å²) < 4.78 is 6.78. The molecular weight excluding hydrogens is 268 g/mol. The van der Waals surface area contributed by atoms with Crippen molar-refractivity contribution in [2.45, 2.75) is 38.2 Å². The number of aliphatic hydroxyl groups excluding tert-OH is 1. The normalized spacial score (nSPS) is 25.1. The Morgan fingerprint density at radius 2 is 2.25 bits per heavy atom. The third kappa shape index (κ3) is 1.28. The van der Waals surface area contributed by atoms with E-state index in [1.54, 1.807) is 0 Å². The second kappa shape index (κ2) is 3.23. The van der Waals surface area contributed by atoms with Crippen LogP contribution in [0.3, 0.4) is 0 Å². The summed E-state index contributed by atoms with van der Waals surface area (Å²) in [5.74, 6) is 1.03. The Morgan fingerprint density at radius 1 is 1.50 bits per heavy atom. The minimum atomic E-state index is -0.367. The van der Waals surface area contributed by atoms with Gasteiger partial charge in [0.1, 0.15) is 5.75 Å². The van der Waals surface area contributed by atoms with E-state index in [-0.39, 0.29) is 11.5 Å². The van der Waals surface area contributed by atoms with Crippen LogP contribution in [0.1, 0.15) is 43.1 Å². The SMILES string of the molecule is CC1(C)CC(O)c2c(Br)cc3c(c21)OCC3. The quantitative estimate of drug-likeness (QED) is 0.792. The largest absolute Gasteiger partial charge is 0.493 e. The first-order chi connectivity index (χ1) is 7.50. The van der Waals surface area contributed by atoms with E-state index in [0.717, 1.165) is 35.2 Å².